The summed E-state index contributed by atoms with van der Waals surface area (Å²) >= 11 is 0. The first kappa shape index (κ1) is 19.5. The third-order valence-corrected chi connectivity index (χ3v) is 7.58. The van der Waals surface area contributed by atoms with Crippen molar-refractivity contribution >= 4 is 17.5 Å². The lowest BCUT2D eigenvalue weighted by Crippen LogP contribution is -2.56. The summed E-state index contributed by atoms with van der Waals surface area (Å²) in [5.74, 6) is 3.51. The first-order chi connectivity index (χ1) is 13.2. The van der Waals surface area contributed by atoms with Crippen LogP contribution in [0.25, 0.3) is 0 Å². The Morgan fingerprint density at radius 2 is 1.93 bits per heavy atom. The molecule has 154 valence electrons. The molecule has 1 aromatic heterocycles. The summed E-state index contributed by atoms with van der Waals surface area (Å²) in [5, 5.41) is 4.52. The molecule has 5 rings (SSSR count). The fraction of sp³-hybridized carbons (Fsp3) is 0.773. The average Bonchev–Trinajstić information content (AvgIpc) is 2.98. The van der Waals surface area contributed by atoms with Crippen molar-refractivity contribution in [1.29, 1.82) is 0 Å². The summed E-state index contributed by atoms with van der Waals surface area (Å²) in [6.45, 7) is 5.30. The van der Waals surface area contributed by atoms with Crippen molar-refractivity contribution in [3.8, 4) is 0 Å². The van der Waals surface area contributed by atoms with Crippen LogP contribution in [0.15, 0.2) is 6.07 Å². The minimum absolute atomic E-state index is 0.112. The Bertz CT molecular complexity index is 767. The number of carbonyl (C=O) groups is 2. The number of aromatic nitrogens is 2. The molecular weight excluding hydrogens is 352 g/mol. The van der Waals surface area contributed by atoms with Gasteiger partial charge in [0.15, 0.2) is 5.78 Å². The molecule has 2 atom stereocenters. The molecule has 1 aromatic rings. The van der Waals surface area contributed by atoms with Crippen molar-refractivity contribution in [2.45, 2.75) is 52.4 Å². The van der Waals surface area contributed by atoms with Gasteiger partial charge in [0.1, 0.15) is 11.5 Å². The van der Waals surface area contributed by atoms with Gasteiger partial charge < -0.3 is 10.6 Å². The van der Waals surface area contributed by atoms with Gasteiger partial charge in [-0.1, -0.05) is 13.8 Å². The highest BCUT2D eigenvalue weighted by atomic mass is 16.1. The van der Waals surface area contributed by atoms with E-state index in [1.165, 1.54) is 0 Å². The van der Waals surface area contributed by atoms with Crippen LogP contribution in [0.3, 0.4) is 0 Å². The molecule has 4 bridgehead atoms. The molecule has 28 heavy (non-hydrogen) atoms. The molecule has 4 fully saturated rings. The molecule has 2 unspecified atom stereocenters. The number of primary amides is 1. The fourth-order valence-corrected chi connectivity index (χ4v) is 6.68. The van der Waals surface area contributed by atoms with Gasteiger partial charge in [-0.15, -0.1) is 0 Å². The second kappa shape index (κ2) is 6.89. The van der Waals surface area contributed by atoms with Crippen LogP contribution in [-0.4, -0.2) is 35.1 Å². The second-order valence-corrected chi connectivity index (χ2v) is 10.2. The zero-order chi connectivity index (χ0) is 20.2. The first-order valence-electron chi connectivity index (χ1n) is 10.8. The van der Waals surface area contributed by atoms with Gasteiger partial charge in [-0.2, -0.15) is 5.10 Å². The van der Waals surface area contributed by atoms with Gasteiger partial charge >= 0.3 is 0 Å². The molecule has 1 heterocycles. The summed E-state index contributed by atoms with van der Waals surface area (Å²) in [4.78, 5) is 27.4. The van der Waals surface area contributed by atoms with Crippen LogP contribution < -0.4 is 10.6 Å². The van der Waals surface area contributed by atoms with Gasteiger partial charge in [0.2, 0.25) is 5.91 Å². The Morgan fingerprint density at radius 1 is 1.29 bits per heavy atom. The van der Waals surface area contributed by atoms with E-state index in [1.807, 2.05) is 24.8 Å². The number of rotatable bonds is 7. The fourth-order valence-electron chi connectivity index (χ4n) is 6.68. The SMILES string of the molecule is CC(C)CN(C)c1cc(C(=O)CC2C3CC4CC2CC(C(N)=O)(C4)C3)nn1C. The molecule has 2 N–H and O–H groups in total. The van der Waals surface area contributed by atoms with Gasteiger partial charge in [0, 0.05) is 38.5 Å². The Hall–Kier alpha value is -1.85. The number of amides is 1. The molecule has 4 aliphatic rings. The van der Waals surface area contributed by atoms with E-state index >= 15 is 0 Å². The lowest BCUT2D eigenvalue weighted by molar-refractivity contribution is -0.149. The quantitative estimate of drug-likeness (QED) is 0.731. The third-order valence-electron chi connectivity index (χ3n) is 7.58. The lowest BCUT2D eigenvalue weighted by atomic mass is 9.45. The van der Waals surface area contributed by atoms with Gasteiger partial charge in [0.05, 0.1) is 0 Å². The highest BCUT2D eigenvalue weighted by molar-refractivity contribution is 5.95. The van der Waals surface area contributed by atoms with E-state index < -0.39 is 0 Å². The summed E-state index contributed by atoms with van der Waals surface area (Å²) in [6.07, 6.45) is 5.63. The number of Topliss-reactive ketones (excluding diaryl/α,β-unsaturated/α-hetero) is 1. The summed E-state index contributed by atoms with van der Waals surface area (Å²) in [7, 11) is 3.95. The lowest BCUT2D eigenvalue weighted by Gasteiger charge is -2.58. The molecule has 0 saturated heterocycles. The Labute approximate surface area is 167 Å². The van der Waals surface area contributed by atoms with E-state index in [1.54, 1.807) is 0 Å². The smallest absolute Gasteiger partial charge is 0.223 e. The highest BCUT2D eigenvalue weighted by Gasteiger charge is 2.57. The largest absolute Gasteiger partial charge is 0.369 e. The molecular formula is C22H34N4O2. The summed E-state index contributed by atoms with van der Waals surface area (Å²) in [6, 6.07) is 1.94. The summed E-state index contributed by atoms with van der Waals surface area (Å²) < 4.78 is 1.81. The molecule has 0 spiro atoms. The number of anilines is 1. The van der Waals surface area contributed by atoms with Crippen molar-refractivity contribution in [3.63, 3.8) is 0 Å². The van der Waals surface area contributed by atoms with Crippen molar-refractivity contribution in [3.05, 3.63) is 11.8 Å². The maximum atomic E-state index is 13.1. The maximum Gasteiger partial charge on any atom is 0.223 e. The zero-order valence-electron chi connectivity index (χ0n) is 17.6. The van der Waals surface area contributed by atoms with Crippen molar-refractivity contribution < 1.29 is 9.59 Å². The highest BCUT2D eigenvalue weighted by Crippen LogP contribution is 2.62. The normalized spacial score (nSPS) is 33.5. The predicted molar refractivity (Wildman–Crippen MR) is 109 cm³/mol. The van der Waals surface area contributed by atoms with Crippen LogP contribution in [0.4, 0.5) is 5.82 Å². The predicted octanol–water partition coefficient (Wildman–Crippen LogP) is 3.01. The van der Waals surface area contributed by atoms with E-state index in [9.17, 15) is 9.59 Å². The van der Waals surface area contributed by atoms with Crippen molar-refractivity contribution in [2.24, 2.45) is 47.8 Å². The maximum absolute atomic E-state index is 13.1. The minimum atomic E-state index is -0.284. The van der Waals surface area contributed by atoms with Gasteiger partial charge in [-0.25, -0.2) is 0 Å². The van der Waals surface area contributed by atoms with Crippen LogP contribution >= 0.6 is 0 Å². The first-order valence-corrected chi connectivity index (χ1v) is 10.8. The number of nitrogens with two attached hydrogens (primary N) is 1. The van der Waals surface area contributed by atoms with E-state index in [2.05, 4.69) is 23.8 Å². The molecule has 6 nitrogen and oxygen atoms in total. The number of aryl methyl sites for hydroxylation is 1. The number of nitrogens with zero attached hydrogens (tertiary/aromatic N) is 3. The number of hydrogen-bond donors (Lipinski definition) is 1. The van der Waals surface area contributed by atoms with Crippen molar-refractivity contribution in [1.82, 2.24) is 9.78 Å². The van der Waals surface area contributed by atoms with Gasteiger partial charge in [0.25, 0.3) is 0 Å². The zero-order valence-corrected chi connectivity index (χ0v) is 17.6. The topological polar surface area (TPSA) is 81.2 Å². The van der Waals surface area contributed by atoms with Gasteiger partial charge in [-0.05, 0) is 61.7 Å². The van der Waals surface area contributed by atoms with E-state index in [-0.39, 0.29) is 17.1 Å². The third kappa shape index (κ3) is 3.25. The van der Waals surface area contributed by atoms with Crippen molar-refractivity contribution in [2.75, 3.05) is 18.5 Å². The molecule has 6 heteroatoms. The average molecular weight is 387 g/mol. The molecule has 1 amide bonds. The van der Waals surface area contributed by atoms with Crippen LogP contribution in [0.2, 0.25) is 0 Å². The molecule has 0 aromatic carbocycles. The Kier molecular flexibility index (Phi) is 4.79. The summed E-state index contributed by atoms with van der Waals surface area (Å²) in [5.41, 5.74) is 6.08. The van der Waals surface area contributed by atoms with Crippen LogP contribution in [-0.2, 0) is 11.8 Å². The monoisotopic (exact) mass is 386 g/mol. The van der Waals surface area contributed by atoms with E-state index in [0.29, 0.717) is 41.7 Å². The molecule has 0 radical (unpaired) electrons. The van der Waals surface area contributed by atoms with Gasteiger partial charge in [-0.3, -0.25) is 14.3 Å². The van der Waals surface area contributed by atoms with E-state index in [4.69, 9.17) is 5.73 Å². The molecule has 4 aliphatic carbocycles. The Balaban J connectivity index is 1.47. The number of hydrogen-bond acceptors (Lipinski definition) is 4. The van der Waals surface area contributed by atoms with Crippen LogP contribution in [0, 0.1) is 35.0 Å². The van der Waals surface area contributed by atoms with Crippen LogP contribution in [0.1, 0.15) is 62.9 Å². The second-order valence-electron chi connectivity index (χ2n) is 10.2. The molecule has 4 saturated carbocycles. The molecule has 0 aliphatic heterocycles. The Morgan fingerprint density at radius 3 is 2.50 bits per heavy atom. The standard InChI is InChI=1S/C22H34N4O2/c1-13(2)12-25(3)20-8-18(24-26(20)4)19(27)7-17-15-5-14-6-16(17)11-22(9-14,10-15)21(23)28/h8,13-17H,5-7,9-12H2,1-4H3,(H2,23,28). The minimum Gasteiger partial charge on any atom is -0.369 e. The van der Waals surface area contributed by atoms with E-state index in [0.717, 1.165) is 44.5 Å². The number of ketones is 1. The van der Waals surface area contributed by atoms with Crippen LogP contribution in [0.5, 0.6) is 0 Å². The number of carbonyl (C=O) groups excluding carboxylic acids is 2.